The third-order valence-corrected chi connectivity index (χ3v) is 2.62. The van der Waals surface area contributed by atoms with Crippen molar-refractivity contribution in [1.29, 1.82) is 5.26 Å². The highest BCUT2D eigenvalue weighted by Gasteiger charge is 2.27. The average molecular weight is 198 g/mol. The largest absolute Gasteiger partial charge is 0.389 e. The zero-order valence-corrected chi connectivity index (χ0v) is 9.75. The summed E-state index contributed by atoms with van der Waals surface area (Å²) in [5.41, 5.74) is -0.702. The van der Waals surface area contributed by atoms with E-state index in [0.717, 1.165) is 13.0 Å². The number of nitrogens with zero attached hydrogens (tertiary/aromatic N) is 2. The first-order valence-corrected chi connectivity index (χ1v) is 5.25. The summed E-state index contributed by atoms with van der Waals surface area (Å²) in [7, 11) is 0. The molecular weight excluding hydrogens is 176 g/mol. The molecule has 0 aromatic heterocycles. The van der Waals surface area contributed by atoms with Gasteiger partial charge in [0.2, 0.25) is 0 Å². The molecule has 1 atom stereocenters. The van der Waals surface area contributed by atoms with Gasteiger partial charge in [-0.3, -0.25) is 4.90 Å². The van der Waals surface area contributed by atoms with E-state index in [-0.39, 0.29) is 5.92 Å². The van der Waals surface area contributed by atoms with Gasteiger partial charge in [0.15, 0.2) is 0 Å². The molecule has 0 bridgehead atoms. The van der Waals surface area contributed by atoms with Gasteiger partial charge in [-0.15, -0.1) is 0 Å². The van der Waals surface area contributed by atoms with Crippen molar-refractivity contribution in [3.8, 4) is 6.07 Å². The highest BCUT2D eigenvalue weighted by molar-refractivity contribution is 4.84. The van der Waals surface area contributed by atoms with Crippen molar-refractivity contribution in [3.63, 3.8) is 0 Å². The standard InChI is InChI=1S/C11H22N2O/c1-5-7-13(8-6-12)9-11(4,14)10(2)3/h10,14H,5,7-9H2,1-4H3. The minimum atomic E-state index is -0.702. The van der Waals surface area contributed by atoms with E-state index in [1.54, 1.807) is 0 Å². The van der Waals surface area contributed by atoms with Gasteiger partial charge >= 0.3 is 0 Å². The van der Waals surface area contributed by atoms with Crippen molar-refractivity contribution >= 4 is 0 Å². The molecule has 14 heavy (non-hydrogen) atoms. The Kier molecular flexibility index (Phi) is 5.75. The second-order valence-electron chi connectivity index (χ2n) is 4.38. The molecule has 1 N–H and O–H groups in total. The predicted octanol–water partition coefficient (Wildman–Crippen LogP) is 1.63. The van der Waals surface area contributed by atoms with Crippen molar-refractivity contribution in [2.75, 3.05) is 19.6 Å². The van der Waals surface area contributed by atoms with Gasteiger partial charge in [-0.05, 0) is 25.8 Å². The summed E-state index contributed by atoms with van der Waals surface area (Å²) in [5, 5.41) is 18.7. The molecule has 82 valence electrons. The summed E-state index contributed by atoms with van der Waals surface area (Å²) < 4.78 is 0. The molecule has 0 aromatic rings. The first kappa shape index (κ1) is 13.4. The summed E-state index contributed by atoms with van der Waals surface area (Å²) in [6, 6.07) is 2.13. The Morgan fingerprint density at radius 2 is 2.07 bits per heavy atom. The van der Waals surface area contributed by atoms with Crippen LogP contribution in [0.4, 0.5) is 0 Å². The maximum absolute atomic E-state index is 10.1. The van der Waals surface area contributed by atoms with E-state index in [4.69, 9.17) is 5.26 Å². The molecule has 0 aliphatic carbocycles. The van der Waals surface area contributed by atoms with Crippen LogP contribution in [-0.2, 0) is 0 Å². The quantitative estimate of drug-likeness (QED) is 0.660. The van der Waals surface area contributed by atoms with Crippen molar-refractivity contribution in [2.45, 2.75) is 39.7 Å². The lowest BCUT2D eigenvalue weighted by atomic mass is 9.92. The van der Waals surface area contributed by atoms with E-state index in [1.165, 1.54) is 0 Å². The van der Waals surface area contributed by atoms with Gasteiger partial charge in [-0.2, -0.15) is 5.26 Å². The maximum Gasteiger partial charge on any atom is 0.0866 e. The second-order valence-corrected chi connectivity index (χ2v) is 4.38. The van der Waals surface area contributed by atoms with Gasteiger partial charge in [0, 0.05) is 6.54 Å². The van der Waals surface area contributed by atoms with Gasteiger partial charge in [-0.25, -0.2) is 0 Å². The Hall–Kier alpha value is -0.590. The molecule has 0 saturated heterocycles. The molecule has 1 unspecified atom stereocenters. The molecule has 0 amide bonds. The minimum absolute atomic E-state index is 0.209. The van der Waals surface area contributed by atoms with Crippen LogP contribution in [0.5, 0.6) is 0 Å². The summed E-state index contributed by atoms with van der Waals surface area (Å²) in [6.07, 6.45) is 1.01. The monoisotopic (exact) mass is 198 g/mol. The number of hydrogen-bond donors (Lipinski definition) is 1. The van der Waals surface area contributed by atoms with Crippen LogP contribution in [0.15, 0.2) is 0 Å². The Labute approximate surface area is 87.3 Å². The SMILES string of the molecule is CCCN(CC#N)CC(C)(O)C(C)C. The first-order chi connectivity index (χ1) is 6.44. The summed E-state index contributed by atoms with van der Waals surface area (Å²) in [5.74, 6) is 0.209. The lowest BCUT2D eigenvalue weighted by molar-refractivity contribution is -0.0159. The van der Waals surface area contributed by atoms with E-state index in [2.05, 4.69) is 13.0 Å². The number of aliphatic hydroxyl groups is 1. The van der Waals surface area contributed by atoms with E-state index >= 15 is 0 Å². The van der Waals surface area contributed by atoms with Crippen LogP contribution in [0.2, 0.25) is 0 Å². The summed E-state index contributed by atoms with van der Waals surface area (Å²) >= 11 is 0. The topological polar surface area (TPSA) is 47.3 Å². The van der Waals surface area contributed by atoms with Crippen LogP contribution >= 0.6 is 0 Å². The van der Waals surface area contributed by atoms with Gasteiger partial charge < -0.3 is 5.11 Å². The Bertz CT molecular complexity index is 194. The average Bonchev–Trinajstić information content (AvgIpc) is 2.04. The fourth-order valence-electron chi connectivity index (χ4n) is 1.27. The smallest absolute Gasteiger partial charge is 0.0866 e. The fraction of sp³-hybridized carbons (Fsp3) is 0.909. The minimum Gasteiger partial charge on any atom is -0.389 e. The number of rotatable bonds is 6. The van der Waals surface area contributed by atoms with Crippen LogP contribution in [0, 0.1) is 17.2 Å². The molecule has 0 aliphatic heterocycles. The van der Waals surface area contributed by atoms with Gasteiger partial charge in [-0.1, -0.05) is 20.8 Å². The predicted molar refractivity (Wildman–Crippen MR) is 57.8 cm³/mol. The zero-order valence-electron chi connectivity index (χ0n) is 9.75. The zero-order chi connectivity index (χ0) is 11.2. The van der Waals surface area contributed by atoms with Crippen LogP contribution in [0.1, 0.15) is 34.1 Å². The highest BCUT2D eigenvalue weighted by Crippen LogP contribution is 2.17. The fourth-order valence-corrected chi connectivity index (χ4v) is 1.27. The third kappa shape index (κ3) is 4.59. The lowest BCUT2D eigenvalue weighted by Gasteiger charge is -2.33. The molecule has 0 aromatic carbocycles. The number of nitriles is 1. The van der Waals surface area contributed by atoms with Crippen LogP contribution in [-0.4, -0.2) is 35.2 Å². The van der Waals surface area contributed by atoms with Crippen molar-refractivity contribution < 1.29 is 5.11 Å². The molecule has 0 saturated carbocycles. The van der Waals surface area contributed by atoms with Crippen LogP contribution < -0.4 is 0 Å². The van der Waals surface area contributed by atoms with Crippen LogP contribution in [0.3, 0.4) is 0 Å². The van der Waals surface area contributed by atoms with Gasteiger partial charge in [0.1, 0.15) is 0 Å². The second kappa shape index (κ2) is 6.00. The van der Waals surface area contributed by atoms with Gasteiger partial charge in [0.05, 0.1) is 18.2 Å². The molecule has 0 aliphatic rings. The molecule has 0 rings (SSSR count). The van der Waals surface area contributed by atoms with Crippen molar-refractivity contribution in [3.05, 3.63) is 0 Å². The molecule has 0 spiro atoms. The Balaban J connectivity index is 4.21. The maximum atomic E-state index is 10.1. The lowest BCUT2D eigenvalue weighted by Crippen LogP contribution is -2.44. The molecule has 3 nitrogen and oxygen atoms in total. The molecular formula is C11H22N2O. The van der Waals surface area contributed by atoms with Crippen LogP contribution in [0.25, 0.3) is 0 Å². The van der Waals surface area contributed by atoms with Crippen molar-refractivity contribution in [1.82, 2.24) is 4.90 Å². The number of hydrogen-bond acceptors (Lipinski definition) is 3. The van der Waals surface area contributed by atoms with E-state index < -0.39 is 5.60 Å². The summed E-state index contributed by atoms with van der Waals surface area (Å²) in [6.45, 7) is 9.75. The van der Waals surface area contributed by atoms with Crippen molar-refractivity contribution in [2.24, 2.45) is 5.92 Å². The van der Waals surface area contributed by atoms with Gasteiger partial charge in [0.25, 0.3) is 0 Å². The van der Waals surface area contributed by atoms with E-state index in [1.807, 2.05) is 25.7 Å². The molecule has 0 fully saturated rings. The molecule has 3 heteroatoms. The first-order valence-electron chi connectivity index (χ1n) is 5.25. The normalized spacial score (nSPS) is 15.6. The molecule has 0 heterocycles. The Morgan fingerprint density at radius 3 is 2.43 bits per heavy atom. The summed E-state index contributed by atoms with van der Waals surface area (Å²) in [4.78, 5) is 2.00. The van der Waals surface area contributed by atoms with E-state index in [9.17, 15) is 5.11 Å². The molecule has 0 radical (unpaired) electrons. The van der Waals surface area contributed by atoms with E-state index in [0.29, 0.717) is 13.1 Å². The highest BCUT2D eigenvalue weighted by atomic mass is 16.3. The Morgan fingerprint density at radius 1 is 1.50 bits per heavy atom. The third-order valence-electron chi connectivity index (χ3n) is 2.62.